The highest BCUT2D eigenvalue weighted by atomic mass is 16.4. The molecule has 1 aromatic heterocycles. The van der Waals surface area contributed by atoms with Gasteiger partial charge in [0.15, 0.2) is 0 Å². The molecular formula is C11H10N2O3. The van der Waals surface area contributed by atoms with Crippen molar-refractivity contribution in [2.45, 2.75) is 12.8 Å². The fraction of sp³-hybridized carbons (Fsp3) is 0.182. The Hall–Kier alpha value is -2.17. The number of aromatic nitrogens is 1. The number of anilines is 1. The third-order valence-electron chi connectivity index (χ3n) is 2.29. The number of carbonyl (C=O) groups is 2. The maximum atomic E-state index is 11.1. The Morgan fingerprint density at radius 3 is 3.06 bits per heavy atom. The minimum absolute atomic E-state index is 0.0335. The number of amides is 1. The van der Waals surface area contributed by atoms with E-state index in [9.17, 15) is 9.59 Å². The van der Waals surface area contributed by atoms with Gasteiger partial charge < -0.3 is 10.4 Å². The Labute approximate surface area is 91.8 Å². The first-order valence-electron chi connectivity index (χ1n) is 4.85. The normalized spacial score (nSPS) is 14.6. The fourth-order valence-electron chi connectivity index (χ4n) is 1.53. The predicted molar refractivity (Wildman–Crippen MR) is 57.9 cm³/mol. The Bertz CT molecular complexity index is 480. The molecule has 0 saturated heterocycles. The first-order chi connectivity index (χ1) is 7.65. The van der Waals surface area contributed by atoms with Gasteiger partial charge in [-0.2, -0.15) is 0 Å². The number of hydrogen-bond donors (Lipinski definition) is 2. The van der Waals surface area contributed by atoms with E-state index in [1.54, 1.807) is 0 Å². The van der Waals surface area contributed by atoms with Crippen molar-refractivity contribution in [3.8, 4) is 0 Å². The number of aliphatic carboxylic acids is 1. The van der Waals surface area contributed by atoms with Crippen molar-refractivity contribution in [2.24, 2.45) is 0 Å². The molecule has 0 unspecified atom stereocenters. The van der Waals surface area contributed by atoms with Crippen LogP contribution < -0.4 is 5.32 Å². The second kappa shape index (κ2) is 4.14. The number of carboxylic acid groups (broad SMARTS) is 1. The van der Waals surface area contributed by atoms with Crippen molar-refractivity contribution in [3.63, 3.8) is 0 Å². The Kier molecular flexibility index (Phi) is 2.68. The van der Waals surface area contributed by atoms with E-state index in [1.807, 2.05) is 6.07 Å². The SMILES string of the molecule is O=C(O)/C=C\c1cnc2c(c1)CCC(=O)N2. The Morgan fingerprint density at radius 1 is 1.50 bits per heavy atom. The number of aryl methyl sites for hydroxylation is 1. The maximum Gasteiger partial charge on any atom is 0.328 e. The number of pyridine rings is 1. The smallest absolute Gasteiger partial charge is 0.328 e. The minimum atomic E-state index is -0.994. The molecule has 1 aliphatic heterocycles. The summed E-state index contributed by atoms with van der Waals surface area (Å²) in [4.78, 5) is 25.5. The molecule has 0 aliphatic carbocycles. The summed E-state index contributed by atoms with van der Waals surface area (Å²) >= 11 is 0. The average Bonchev–Trinajstić information content (AvgIpc) is 2.26. The third-order valence-corrected chi connectivity index (χ3v) is 2.29. The molecule has 0 fully saturated rings. The molecule has 2 rings (SSSR count). The summed E-state index contributed by atoms with van der Waals surface area (Å²) in [6, 6.07) is 1.83. The largest absolute Gasteiger partial charge is 0.478 e. The molecule has 0 bridgehead atoms. The number of hydrogen-bond acceptors (Lipinski definition) is 3. The maximum absolute atomic E-state index is 11.1. The van der Waals surface area contributed by atoms with Gasteiger partial charge in [-0.25, -0.2) is 9.78 Å². The molecule has 0 atom stereocenters. The summed E-state index contributed by atoms with van der Waals surface area (Å²) in [5.41, 5.74) is 1.66. The predicted octanol–water partition coefficient (Wildman–Crippen LogP) is 1.06. The topological polar surface area (TPSA) is 79.3 Å². The Balaban J connectivity index is 2.26. The van der Waals surface area contributed by atoms with Crippen LogP contribution in [0.3, 0.4) is 0 Å². The number of nitrogens with zero attached hydrogens (tertiary/aromatic N) is 1. The van der Waals surface area contributed by atoms with Gasteiger partial charge in [0.05, 0.1) is 0 Å². The summed E-state index contributed by atoms with van der Waals surface area (Å²) in [5, 5.41) is 11.1. The first kappa shape index (κ1) is 10.4. The molecule has 1 amide bonds. The van der Waals surface area contributed by atoms with Crippen LogP contribution in [0, 0.1) is 0 Å². The van der Waals surface area contributed by atoms with E-state index in [1.165, 1.54) is 12.3 Å². The van der Waals surface area contributed by atoms with Crippen LogP contribution in [-0.2, 0) is 16.0 Å². The van der Waals surface area contributed by atoms with Crippen molar-refractivity contribution < 1.29 is 14.7 Å². The van der Waals surface area contributed by atoms with Crippen molar-refractivity contribution in [3.05, 3.63) is 29.5 Å². The average molecular weight is 218 g/mol. The molecule has 2 heterocycles. The molecule has 1 aliphatic rings. The van der Waals surface area contributed by atoms with Crippen LogP contribution >= 0.6 is 0 Å². The fourth-order valence-corrected chi connectivity index (χ4v) is 1.53. The minimum Gasteiger partial charge on any atom is -0.478 e. The molecule has 16 heavy (non-hydrogen) atoms. The van der Waals surface area contributed by atoms with Gasteiger partial charge >= 0.3 is 5.97 Å². The molecule has 5 nitrogen and oxygen atoms in total. The molecule has 2 N–H and O–H groups in total. The second-order valence-electron chi connectivity index (χ2n) is 3.50. The highest BCUT2D eigenvalue weighted by Gasteiger charge is 2.15. The molecule has 1 aromatic rings. The van der Waals surface area contributed by atoms with Crippen LogP contribution in [0.5, 0.6) is 0 Å². The van der Waals surface area contributed by atoms with Crippen LogP contribution in [0.2, 0.25) is 0 Å². The van der Waals surface area contributed by atoms with E-state index in [4.69, 9.17) is 5.11 Å². The lowest BCUT2D eigenvalue weighted by molar-refractivity contribution is -0.131. The summed E-state index contributed by atoms with van der Waals surface area (Å²) < 4.78 is 0. The number of rotatable bonds is 2. The van der Waals surface area contributed by atoms with E-state index >= 15 is 0 Å². The lowest BCUT2D eigenvalue weighted by Gasteiger charge is -2.15. The highest BCUT2D eigenvalue weighted by Crippen LogP contribution is 2.21. The van der Waals surface area contributed by atoms with E-state index in [0.717, 1.165) is 17.2 Å². The second-order valence-corrected chi connectivity index (χ2v) is 3.50. The van der Waals surface area contributed by atoms with Gasteiger partial charge in [-0.3, -0.25) is 4.79 Å². The van der Waals surface area contributed by atoms with Crippen molar-refractivity contribution in [1.82, 2.24) is 4.98 Å². The van der Waals surface area contributed by atoms with Crippen molar-refractivity contribution >= 4 is 23.8 Å². The van der Waals surface area contributed by atoms with E-state index in [0.29, 0.717) is 18.7 Å². The van der Waals surface area contributed by atoms with Crippen LogP contribution in [0.4, 0.5) is 5.82 Å². The molecule has 0 saturated carbocycles. The van der Waals surface area contributed by atoms with Crippen LogP contribution in [0.1, 0.15) is 17.5 Å². The van der Waals surface area contributed by atoms with Gasteiger partial charge in [-0.1, -0.05) is 0 Å². The third kappa shape index (κ3) is 2.25. The number of fused-ring (bicyclic) bond motifs is 1. The summed E-state index contributed by atoms with van der Waals surface area (Å²) in [5.74, 6) is -0.455. The monoisotopic (exact) mass is 218 g/mol. The lowest BCUT2D eigenvalue weighted by Crippen LogP contribution is -2.20. The van der Waals surface area contributed by atoms with Gasteiger partial charge in [0, 0.05) is 18.7 Å². The van der Waals surface area contributed by atoms with E-state index < -0.39 is 5.97 Å². The zero-order chi connectivity index (χ0) is 11.5. The Morgan fingerprint density at radius 2 is 2.31 bits per heavy atom. The zero-order valence-corrected chi connectivity index (χ0v) is 8.43. The van der Waals surface area contributed by atoms with Gasteiger partial charge in [-0.05, 0) is 29.7 Å². The van der Waals surface area contributed by atoms with Crippen LogP contribution in [0.15, 0.2) is 18.3 Å². The van der Waals surface area contributed by atoms with Crippen molar-refractivity contribution in [2.75, 3.05) is 5.32 Å². The molecule has 0 aromatic carbocycles. The van der Waals surface area contributed by atoms with Crippen LogP contribution in [0.25, 0.3) is 6.08 Å². The molecular weight excluding hydrogens is 208 g/mol. The molecule has 0 spiro atoms. The quantitative estimate of drug-likeness (QED) is 0.727. The molecule has 5 heteroatoms. The number of carbonyl (C=O) groups excluding carboxylic acids is 1. The van der Waals surface area contributed by atoms with Gasteiger partial charge in [0.1, 0.15) is 5.82 Å². The van der Waals surface area contributed by atoms with Crippen LogP contribution in [-0.4, -0.2) is 22.0 Å². The molecule has 0 radical (unpaired) electrons. The standard InChI is InChI=1S/C11H10N2O3/c14-9-3-2-8-5-7(1-4-10(15)16)6-12-11(8)13-9/h1,4-6H,2-3H2,(H,15,16)(H,12,13,14)/b4-1-. The lowest BCUT2D eigenvalue weighted by atomic mass is 10.0. The van der Waals surface area contributed by atoms with E-state index in [-0.39, 0.29) is 5.91 Å². The van der Waals surface area contributed by atoms with E-state index in [2.05, 4.69) is 10.3 Å². The van der Waals surface area contributed by atoms with Gasteiger partial charge in [0.25, 0.3) is 0 Å². The summed E-state index contributed by atoms with van der Waals surface area (Å²) in [6.45, 7) is 0. The summed E-state index contributed by atoms with van der Waals surface area (Å²) in [6.07, 6.45) is 5.16. The summed E-state index contributed by atoms with van der Waals surface area (Å²) in [7, 11) is 0. The number of nitrogens with one attached hydrogen (secondary N) is 1. The first-order valence-corrected chi connectivity index (χ1v) is 4.85. The van der Waals surface area contributed by atoms with Gasteiger partial charge in [0.2, 0.25) is 5.91 Å². The number of carboxylic acids is 1. The zero-order valence-electron chi connectivity index (χ0n) is 8.43. The van der Waals surface area contributed by atoms with Crippen molar-refractivity contribution in [1.29, 1.82) is 0 Å². The van der Waals surface area contributed by atoms with Gasteiger partial charge in [-0.15, -0.1) is 0 Å². The molecule has 82 valence electrons. The highest BCUT2D eigenvalue weighted by molar-refractivity contribution is 5.93.